The summed E-state index contributed by atoms with van der Waals surface area (Å²) in [6, 6.07) is 9.49. The van der Waals surface area contributed by atoms with E-state index in [2.05, 4.69) is 5.32 Å². The summed E-state index contributed by atoms with van der Waals surface area (Å²) in [4.78, 5) is 12.1. The van der Waals surface area contributed by atoms with Crippen molar-refractivity contribution in [1.29, 1.82) is 5.26 Å². The van der Waals surface area contributed by atoms with Crippen molar-refractivity contribution in [2.24, 2.45) is 0 Å². The zero-order chi connectivity index (χ0) is 14.4. The molecule has 0 spiro atoms. The fourth-order valence-electron chi connectivity index (χ4n) is 2.42. The van der Waals surface area contributed by atoms with Crippen LogP contribution in [0.5, 0.6) is 5.75 Å². The number of hydrogen-bond acceptors (Lipinski definition) is 3. The van der Waals surface area contributed by atoms with Crippen molar-refractivity contribution in [3.63, 3.8) is 0 Å². The van der Waals surface area contributed by atoms with Gasteiger partial charge in [-0.2, -0.15) is 5.26 Å². The molecule has 2 rings (SSSR count). The van der Waals surface area contributed by atoms with Gasteiger partial charge in [0.1, 0.15) is 17.4 Å². The summed E-state index contributed by atoms with van der Waals surface area (Å²) in [6.45, 7) is 0. The van der Waals surface area contributed by atoms with Gasteiger partial charge in [-0.15, -0.1) is 0 Å². The molecule has 0 unspecified atom stereocenters. The number of para-hydroxylation sites is 1. The summed E-state index contributed by atoms with van der Waals surface area (Å²) >= 11 is 0. The van der Waals surface area contributed by atoms with Gasteiger partial charge in [0, 0.05) is 11.6 Å². The lowest BCUT2D eigenvalue weighted by Crippen LogP contribution is -2.33. The monoisotopic (exact) mass is 270 g/mol. The highest BCUT2D eigenvalue weighted by molar-refractivity contribution is 6.02. The van der Waals surface area contributed by atoms with E-state index >= 15 is 0 Å². The Labute approximate surface area is 119 Å². The molecule has 0 saturated heterocycles. The Balaban J connectivity index is 2.16. The van der Waals surface area contributed by atoms with Crippen LogP contribution in [0.25, 0.3) is 6.08 Å². The van der Waals surface area contributed by atoms with Crippen molar-refractivity contribution < 1.29 is 9.53 Å². The van der Waals surface area contributed by atoms with Crippen LogP contribution >= 0.6 is 0 Å². The average molecular weight is 270 g/mol. The lowest BCUT2D eigenvalue weighted by Gasteiger charge is -2.11. The number of nitrogens with one attached hydrogen (secondary N) is 1. The Morgan fingerprint density at radius 2 is 2.10 bits per heavy atom. The molecule has 0 bridgehead atoms. The first-order valence-corrected chi connectivity index (χ1v) is 6.80. The second-order valence-corrected chi connectivity index (χ2v) is 4.87. The van der Waals surface area contributed by atoms with E-state index in [1.165, 1.54) is 0 Å². The van der Waals surface area contributed by atoms with Gasteiger partial charge >= 0.3 is 0 Å². The lowest BCUT2D eigenvalue weighted by atomic mass is 10.1. The first-order valence-electron chi connectivity index (χ1n) is 6.80. The van der Waals surface area contributed by atoms with E-state index < -0.39 is 0 Å². The van der Waals surface area contributed by atoms with E-state index in [9.17, 15) is 10.1 Å². The van der Waals surface area contributed by atoms with Crippen LogP contribution in [0.2, 0.25) is 0 Å². The maximum atomic E-state index is 12.1. The predicted molar refractivity (Wildman–Crippen MR) is 77.0 cm³/mol. The highest BCUT2D eigenvalue weighted by Crippen LogP contribution is 2.21. The van der Waals surface area contributed by atoms with Crippen LogP contribution in [0.15, 0.2) is 29.8 Å². The van der Waals surface area contributed by atoms with Gasteiger partial charge in [0.05, 0.1) is 7.11 Å². The van der Waals surface area contributed by atoms with Crippen LogP contribution in [-0.2, 0) is 4.79 Å². The molecular formula is C16H18N2O2. The molecule has 104 valence electrons. The summed E-state index contributed by atoms with van der Waals surface area (Å²) in [5.41, 5.74) is 0.842. The molecule has 1 saturated carbocycles. The van der Waals surface area contributed by atoms with Gasteiger partial charge in [-0.1, -0.05) is 31.0 Å². The topological polar surface area (TPSA) is 62.1 Å². The van der Waals surface area contributed by atoms with Crippen molar-refractivity contribution in [3.8, 4) is 11.8 Å². The third-order valence-corrected chi connectivity index (χ3v) is 3.49. The number of hydrogen-bond donors (Lipinski definition) is 1. The van der Waals surface area contributed by atoms with Crippen LogP contribution in [-0.4, -0.2) is 19.1 Å². The average Bonchev–Trinajstić information content (AvgIpc) is 2.97. The normalized spacial score (nSPS) is 15.7. The lowest BCUT2D eigenvalue weighted by molar-refractivity contribution is -0.117. The second-order valence-electron chi connectivity index (χ2n) is 4.87. The largest absolute Gasteiger partial charge is 0.496 e. The zero-order valence-electron chi connectivity index (χ0n) is 11.6. The molecule has 0 aromatic heterocycles. The maximum absolute atomic E-state index is 12.1. The Morgan fingerprint density at radius 1 is 1.40 bits per heavy atom. The van der Waals surface area contributed by atoms with Crippen LogP contribution in [0.1, 0.15) is 31.2 Å². The molecule has 0 heterocycles. The predicted octanol–water partition coefficient (Wildman–Crippen LogP) is 2.66. The molecule has 1 N–H and O–H groups in total. The van der Waals surface area contributed by atoms with Crippen LogP contribution < -0.4 is 10.1 Å². The molecule has 0 radical (unpaired) electrons. The molecule has 1 fully saturated rings. The quantitative estimate of drug-likeness (QED) is 0.676. The van der Waals surface area contributed by atoms with Crippen LogP contribution in [0, 0.1) is 11.3 Å². The van der Waals surface area contributed by atoms with E-state index in [1.807, 2.05) is 24.3 Å². The number of nitriles is 1. The summed E-state index contributed by atoms with van der Waals surface area (Å²) in [5.74, 6) is 0.347. The zero-order valence-corrected chi connectivity index (χ0v) is 11.6. The Kier molecular flexibility index (Phi) is 4.78. The fourth-order valence-corrected chi connectivity index (χ4v) is 2.42. The van der Waals surface area contributed by atoms with Crippen LogP contribution in [0.3, 0.4) is 0 Å². The van der Waals surface area contributed by atoms with Gasteiger partial charge in [-0.25, -0.2) is 0 Å². The molecule has 20 heavy (non-hydrogen) atoms. The Hall–Kier alpha value is -2.28. The molecule has 4 heteroatoms. The molecule has 1 amide bonds. The summed E-state index contributed by atoms with van der Waals surface area (Å²) in [7, 11) is 1.57. The standard InChI is InChI=1S/C16H18N2O2/c1-20-15-9-5-2-6-12(15)10-13(11-17)16(19)18-14-7-3-4-8-14/h2,5-6,9-10,14H,3-4,7-8H2,1H3,(H,18,19)/b13-10-. The van der Waals surface area contributed by atoms with E-state index in [4.69, 9.17) is 4.74 Å². The third-order valence-electron chi connectivity index (χ3n) is 3.49. The summed E-state index contributed by atoms with van der Waals surface area (Å²) in [5, 5.41) is 12.1. The fraction of sp³-hybridized carbons (Fsp3) is 0.375. The molecule has 1 aromatic rings. The SMILES string of the molecule is COc1ccccc1/C=C(/C#N)C(=O)NC1CCCC1. The van der Waals surface area contributed by atoms with E-state index in [-0.39, 0.29) is 17.5 Å². The van der Waals surface area contributed by atoms with Crippen molar-refractivity contribution in [2.75, 3.05) is 7.11 Å². The Morgan fingerprint density at radius 3 is 2.75 bits per heavy atom. The third kappa shape index (κ3) is 3.39. The number of rotatable bonds is 4. The van der Waals surface area contributed by atoms with Gasteiger partial charge in [0.25, 0.3) is 5.91 Å². The minimum atomic E-state index is -0.301. The number of carbonyl (C=O) groups is 1. The number of benzene rings is 1. The minimum absolute atomic E-state index is 0.112. The molecule has 1 aliphatic carbocycles. The molecule has 0 aliphatic heterocycles. The molecule has 1 aliphatic rings. The van der Waals surface area contributed by atoms with Gasteiger partial charge in [-0.05, 0) is 25.0 Å². The molecule has 1 aromatic carbocycles. The van der Waals surface area contributed by atoms with Crippen molar-refractivity contribution >= 4 is 12.0 Å². The number of ether oxygens (including phenoxy) is 1. The van der Waals surface area contributed by atoms with Crippen molar-refractivity contribution in [2.45, 2.75) is 31.7 Å². The molecule has 0 atom stereocenters. The first kappa shape index (κ1) is 14.1. The number of amides is 1. The smallest absolute Gasteiger partial charge is 0.262 e. The Bertz CT molecular complexity index is 552. The van der Waals surface area contributed by atoms with Crippen molar-refractivity contribution in [1.82, 2.24) is 5.32 Å². The van der Waals surface area contributed by atoms with Gasteiger partial charge in [0.2, 0.25) is 0 Å². The summed E-state index contributed by atoms with van der Waals surface area (Å²) < 4.78 is 5.22. The second kappa shape index (κ2) is 6.76. The number of carbonyl (C=O) groups excluding carboxylic acids is 1. The van der Waals surface area contributed by atoms with Crippen molar-refractivity contribution in [3.05, 3.63) is 35.4 Å². The maximum Gasteiger partial charge on any atom is 0.262 e. The van der Waals surface area contributed by atoms with E-state index in [0.29, 0.717) is 5.75 Å². The first-order chi connectivity index (χ1) is 9.74. The number of methoxy groups -OCH3 is 1. The van der Waals surface area contributed by atoms with Crippen LogP contribution in [0.4, 0.5) is 0 Å². The molecule has 4 nitrogen and oxygen atoms in total. The van der Waals surface area contributed by atoms with E-state index in [1.54, 1.807) is 19.3 Å². The van der Waals surface area contributed by atoms with E-state index in [0.717, 1.165) is 31.2 Å². The highest BCUT2D eigenvalue weighted by Gasteiger charge is 2.19. The van der Waals surface area contributed by atoms with Gasteiger partial charge < -0.3 is 10.1 Å². The van der Waals surface area contributed by atoms with Gasteiger partial charge in [0.15, 0.2) is 0 Å². The minimum Gasteiger partial charge on any atom is -0.496 e. The highest BCUT2D eigenvalue weighted by atomic mass is 16.5. The van der Waals surface area contributed by atoms with Gasteiger partial charge in [-0.3, -0.25) is 4.79 Å². The molecular weight excluding hydrogens is 252 g/mol. The summed E-state index contributed by atoms with van der Waals surface area (Å²) in [6.07, 6.45) is 5.85. The number of nitrogens with zero attached hydrogens (tertiary/aromatic N) is 1.